The van der Waals surface area contributed by atoms with Crippen molar-refractivity contribution in [2.45, 2.75) is 77.7 Å². The lowest BCUT2D eigenvalue weighted by molar-refractivity contribution is -0.146. The lowest BCUT2D eigenvalue weighted by Crippen LogP contribution is -2.39. The molecule has 3 unspecified atom stereocenters. The van der Waals surface area contributed by atoms with Gasteiger partial charge >= 0.3 is 11.9 Å². The van der Waals surface area contributed by atoms with Crippen molar-refractivity contribution >= 4 is 23.7 Å². The van der Waals surface area contributed by atoms with Gasteiger partial charge in [-0.3, -0.25) is 0 Å². The van der Waals surface area contributed by atoms with E-state index in [-0.39, 0.29) is 30.3 Å². The second-order valence-corrected chi connectivity index (χ2v) is 17.5. The second kappa shape index (κ2) is 24.9. The number of carbonyl (C=O) groups excluding carboxylic acids is 2. The maximum absolute atomic E-state index is 12.5. The Morgan fingerprint density at radius 3 is 2.02 bits per heavy atom. The zero-order valence-electron chi connectivity index (χ0n) is 39.3. The number of anilines is 1. The molecule has 0 radical (unpaired) electrons. The van der Waals surface area contributed by atoms with Crippen molar-refractivity contribution in [2.75, 3.05) is 51.0 Å². The first-order valence-electron chi connectivity index (χ1n) is 23.6. The molecule has 0 N–H and O–H groups in total. The molecule has 0 saturated heterocycles. The molecule has 5 aromatic rings. The Kier molecular flexibility index (Phi) is 18.5. The number of benzene rings is 5. The average molecular weight is 887 g/mol. The standard InChI is InChI=1S/C58H66N2O6/c1-6-56(61)64-36-37-65-57(62)50(40-59)39-47-22-32-55(33-23-47)60(34-35-63-7-2)41-45(5)66-42-44(4)38-46-20-28-53(29-21-46)58(51-16-12-9-13-17-51,52-26-18-43(3)19-27-52)54-30-24-49(25-31-54)48-14-10-8-11-15-48/h6,8,10-11,14-15,18-33,39,44-45,51H,1,7,9,12-13,16-17,34-38,41-42H2,2-5H3. The predicted octanol–water partition coefficient (Wildman–Crippen LogP) is 11.9. The van der Waals surface area contributed by atoms with Crippen LogP contribution in [-0.2, 0) is 40.4 Å². The molecule has 1 aliphatic rings. The van der Waals surface area contributed by atoms with E-state index in [1.54, 1.807) is 0 Å². The molecule has 8 nitrogen and oxygen atoms in total. The molecule has 1 fully saturated rings. The quantitative estimate of drug-likeness (QED) is 0.0210. The first-order chi connectivity index (χ1) is 32.1. The zero-order valence-corrected chi connectivity index (χ0v) is 39.3. The van der Waals surface area contributed by atoms with Crippen LogP contribution in [0.15, 0.2) is 146 Å². The zero-order chi connectivity index (χ0) is 46.7. The Morgan fingerprint density at radius 2 is 1.39 bits per heavy atom. The second-order valence-electron chi connectivity index (χ2n) is 17.5. The molecule has 0 bridgehead atoms. The third-order valence-corrected chi connectivity index (χ3v) is 12.7. The summed E-state index contributed by atoms with van der Waals surface area (Å²) in [5.41, 5.74) is 10.4. The minimum atomic E-state index is -0.789. The van der Waals surface area contributed by atoms with Gasteiger partial charge in [-0.25, -0.2) is 9.59 Å². The van der Waals surface area contributed by atoms with Crippen LogP contribution in [0.1, 0.15) is 86.3 Å². The van der Waals surface area contributed by atoms with Gasteiger partial charge in [-0.05, 0) is 109 Å². The molecule has 1 saturated carbocycles. The summed E-state index contributed by atoms with van der Waals surface area (Å²) in [5, 5.41) is 9.63. The maximum Gasteiger partial charge on any atom is 0.349 e. The van der Waals surface area contributed by atoms with Crippen LogP contribution in [0.5, 0.6) is 0 Å². The fourth-order valence-corrected chi connectivity index (χ4v) is 9.31. The summed E-state index contributed by atoms with van der Waals surface area (Å²) in [6.45, 7) is 14.7. The van der Waals surface area contributed by atoms with Crippen molar-refractivity contribution in [3.63, 3.8) is 0 Å². The molecule has 3 atom stereocenters. The van der Waals surface area contributed by atoms with Gasteiger partial charge in [-0.2, -0.15) is 5.26 Å². The Bertz CT molecular complexity index is 2360. The summed E-state index contributed by atoms with van der Waals surface area (Å²) >= 11 is 0. The largest absolute Gasteiger partial charge is 0.459 e. The molecule has 0 aliphatic heterocycles. The molecule has 66 heavy (non-hydrogen) atoms. The van der Waals surface area contributed by atoms with Gasteiger partial charge in [0.05, 0.1) is 12.7 Å². The van der Waals surface area contributed by atoms with Gasteiger partial charge in [0.25, 0.3) is 0 Å². The molecule has 0 heterocycles. The van der Waals surface area contributed by atoms with Gasteiger partial charge in [0, 0.05) is 43.5 Å². The van der Waals surface area contributed by atoms with E-state index in [9.17, 15) is 14.9 Å². The number of hydrogen-bond donors (Lipinski definition) is 0. The first kappa shape index (κ1) is 49.2. The molecule has 6 rings (SSSR count). The number of ether oxygens (including phenoxy) is 4. The van der Waals surface area contributed by atoms with E-state index in [1.165, 1.54) is 77.1 Å². The number of hydrogen-bond acceptors (Lipinski definition) is 8. The van der Waals surface area contributed by atoms with Crippen LogP contribution in [0.25, 0.3) is 17.2 Å². The van der Waals surface area contributed by atoms with Crippen molar-refractivity contribution < 1.29 is 28.5 Å². The summed E-state index contributed by atoms with van der Waals surface area (Å²) in [5.74, 6) is -0.615. The van der Waals surface area contributed by atoms with Crippen molar-refractivity contribution in [2.24, 2.45) is 11.8 Å². The van der Waals surface area contributed by atoms with E-state index in [1.807, 2.05) is 37.3 Å². The van der Waals surface area contributed by atoms with E-state index < -0.39 is 11.9 Å². The highest BCUT2D eigenvalue weighted by Gasteiger charge is 2.44. The van der Waals surface area contributed by atoms with Crippen LogP contribution < -0.4 is 4.90 Å². The number of nitrogens with zero attached hydrogens (tertiary/aromatic N) is 2. The molecule has 1 aliphatic carbocycles. The fraction of sp³-hybridized carbons (Fsp3) is 0.362. The number of aryl methyl sites for hydroxylation is 1. The van der Waals surface area contributed by atoms with Gasteiger partial charge in [0.1, 0.15) is 24.9 Å². The Balaban J connectivity index is 1.12. The van der Waals surface area contributed by atoms with Crippen LogP contribution in [-0.4, -0.2) is 64.2 Å². The minimum absolute atomic E-state index is 0.0550. The Hall–Kier alpha value is -6.27. The lowest BCUT2D eigenvalue weighted by atomic mass is 9.58. The predicted molar refractivity (Wildman–Crippen MR) is 265 cm³/mol. The summed E-state index contributed by atoms with van der Waals surface area (Å²) in [6, 6.07) is 48.4. The molecule has 5 aromatic carbocycles. The highest BCUT2D eigenvalue weighted by molar-refractivity contribution is 5.98. The molecular weight excluding hydrogens is 821 g/mol. The van der Waals surface area contributed by atoms with Gasteiger partial charge < -0.3 is 23.8 Å². The summed E-state index contributed by atoms with van der Waals surface area (Å²) in [6.07, 6.45) is 9.58. The number of esters is 2. The summed E-state index contributed by atoms with van der Waals surface area (Å²) in [4.78, 5) is 26.0. The van der Waals surface area contributed by atoms with Gasteiger partial charge in [0.15, 0.2) is 0 Å². The summed E-state index contributed by atoms with van der Waals surface area (Å²) < 4.78 is 22.2. The van der Waals surface area contributed by atoms with Crippen LogP contribution in [0.2, 0.25) is 0 Å². The minimum Gasteiger partial charge on any atom is -0.459 e. The monoisotopic (exact) mass is 886 g/mol. The van der Waals surface area contributed by atoms with Crippen LogP contribution in [0, 0.1) is 30.1 Å². The number of nitriles is 1. The van der Waals surface area contributed by atoms with E-state index >= 15 is 0 Å². The number of carbonyl (C=O) groups is 2. The average Bonchev–Trinajstić information content (AvgIpc) is 3.35. The Labute approximate surface area is 392 Å². The van der Waals surface area contributed by atoms with E-state index in [4.69, 9.17) is 18.9 Å². The van der Waals surface area contributed by atoms with Crippen LogP contribution >= 0.6 is 0 Å². The molecular formula is C58H66N2O6. The van der Waals surface area contributed by atoms with Gasteiger partial charge in [-0.1, -0.05) is 154 Å². The molecule has 0 spiro atoms. The SMILES string of the molecule is C=CC(=O)OCCOC(=O)C(C#N)=Cc1ccc(N(CCOCC)CC(C)OCC(C)Cc2ccc(C(c3ccc(C)cc3)(c3ccc(-c4ccccc4)cc3)C3CCCCC3)cc2)cc1. The number of rotatable bonds is 23. The van der Waals surface area contributed by atoms with E-state index in [0.717, 1.165) is 18.2 Å². The lowest BCUT2D eigenvalue weighted by Gasteiger charge is -2.45. The van der Waals surface area contributed by atoms with Crippen molar-refractivity contribution in [3.8, 4) is 17.2 Å². The van der Waals surface area contributed by atoms with Crippen molar-refractivity contribution in [1.82, 2.24) is 0 Å². The third kappa shape index (κ3) is 13.2. The van der Waals surface area contributed by atoms with Crippen LogP contribution in [0.3, 0.4) is 0 Å². The van der Waals surface area contributed by atoms with Gasteiger partial charge in [0.2, 0.25) is 0 Å². The van der Waals surface area contributed by atoms with E-state index in [2.05, 4.69) is 135 Å². The van der Waals surface area contributed by atoms with E-state index in [0.29, 0.717) is 50.3 Å². The smallest absolute Gasteiger partial charge is 0.349 e. The molecule has 344 valence electrons. The third-order valence-electron chi connectivity index (χ3n) is 12.7. The van der Waals surface area contributed by atoms with Crippen molar-refractivity contribution in [1.29, 1.82) is 5.26 Å². The fourth-order valence-electron chi connectivity index (χ4n) is 9.31. The molecule has 8 heteroatoms. The van der Waals surface area contributed by atoms with Crippen LogP contribution in [0.4, 0.5) is 5.69 Å². The first-order valence-corrected chi connectivity index (χ1v) is 23.6. The molecule has 0 amide bonds. The highest BCUT2D eigenvalue weighted by atomic mass is 16.6. The molecule has 0 aromatic heterocycles. The topological polar surface area (TPSA) is 98.1 Å². The van der Waals surface area contributed by atoms with Gasteiger partial charge in [-0.15, -0.1) is 0 Å². The highest BCUT2D eigenvalue weighted by Crippen LogP contribution is 2.51. The summed E-state index contributed by atoms with van der Waals surface area (Å²) in [7, 11) is 0. The normalized spacial score (nSPS) is 14.9. The van der Waals surface area contributed by atoms with Crippen molar-refractivity contribution in [3.05, 3.63) is 179 Å². The Morgan fingerprint density at radius 1 is 0.788 bits per heavy atom. The maximum atomic E-state index is 12.5.